The van der Waals surface area contributed by atoms with E-state index in [1.54, 1.807) is 13.0 Å². The molecule has 1 amide bonds. The minimum atomic E-state index is -0.548. The molecule has 5 heteroatoms. The van der Waals surface area contributed by atoms with Gasteiger partial charge in [-0.15, -0.1) is 0 Å². The van der Waals surface area contributed by atoms with Gasteiger partial charge < -0.3 is 11.1 Å². The summed E-state index contributed by atoms with van der Waals surface area (Å²) in [7, 11) is 0. The molecule has 0 heterocycles. The van der Waals surface area contributed by atoms with Crippen LogP contribution in [0.25, 0.3) is 0 Å². The number of nitriles is 1. The van der Waals surface area contributed by atoms with Gasteiger partial charge in [-0.3, -0.25) is 4.79 Å². The molecule has 0 spiro atoms. The van der Waals surface area contributed by atoms with Crippen molar-refractivity contribution >= 4 is 23.4 Å². The fourth-order valence-electron chi connectivity index (χ4n) is 1.66. The summed E-state index contributed by atoms with van der Waals surface area (Å²) in [6, 6.07) is 16.5. The van der Waals surface area contributed by atoms with Crippen molar-refractivity contribution in [2.24, 2.45) is 5.73 Å². The van der Waals surface area contributed by atoms with Crippen LogP contribution in [0.5, 0.6) is 0 Å². The number of hydrogen-bond acceptors (Lipinski definition) is 4. The summed E-state index contributed by atoms with van der Waals surface area (Å²) in [4.78, 5) is 13.5. The lowest BCUT2D eigenvalue weighted by molar-refractivity contribution is -0.117. The number of hydrogen-bond donors (Lipinski definition) is 2. The third-order valence-corrected chi connectivity index (χ3v) is 3.69. The molecule has 0 aromatic heterocycles. The lowest BCUT2D eigenvalue weighted by Gasteiger charge is -2.09. The van der Waals surface area contributed by atoms with Crippen LogP contribution in [-0.2, 0) is 4.79 Å². The molecule has 0 fully saturated rings. The van der Waals surface area contributed by atoms with Crippen LogP contribution in [0.4, 0.5) is 5.69 Å². The lowest BCUT2D eigenvalue weighted by atomic mass is 10.2. The molecule has 0 radical (unpaired) electrons. The van der Waals surface area contributed by atoms with E-state index < -0.39 is 6.04 Å². The summed E-state index contributed by atoms with van der Waals surface area (Å²) in [5.74, 6) is -0.219. The van der Waals surface area contributed by atoms with Gasteiger partial charge in [0.25, 0.3) is 0 Å². The van der Waals surface area contributed by atoms with E-state index in [0.29, 0.717) is 11.3 Å². The Morgan fingerprint density at radius 3 is 2.57 bits per heavy atom. The molecule has 0 saturated heterocycles. The van der Waals surface area contributed by atoms with Gasteiger partial charge in [-0.2, -0.15) is 5.26 Å². The van der Waals surface area contributed by atoms with Crippen LogP contribution in [0.2, 0.25) is 0 Å². The van der Waals surface area contributed by atoms with Gasteiger partial charge in [-0.25, -0.2) is 0 Å². The Labute approximate surface area is 128 Å². The van der Waals surface area contributed by atoms with Crippen LogP contribution in [0.15, 0.2) is 58.3 Å². The first kappa shape index (κ1) is 15.1. The van der Waals surface area contributed by atoms with Crippen molar-refractivity contribution in [1.82, 2.24) is 0 Å². The van der Waals surface area contributed by atoms with E-state index in [1.807, 2.05) is 42.5 Å². The number of anilines is 1. The highest BCUT2D eigenvalue weighted by molar-refractivity contribution is 7.99. The zero-order valence-corrected chi connectivity index (χ0v) is 12.4. The Morgan fingerprint density at radius 1 is 1.24 bits per heavy atom. The summed E-state index contributed by atoms with van der Waals surface area (Å²) < 4.78 is 0. The van der Waals surface area contributed by atoms with Gasteiger partial charge in [0.15, 0.2) is 0 Å². The first-order valence-corrected chi connectivity index (χ1v) is 7.24. The van der Waals surface area contributed by atoms with Gasteiger partial charge in [0.1, 0.15) is 0 Å². The molecule has 2 aromatic carbocycles. The van der Waals surface area contributed by atoms with Gasteiger partial charge in [0.2, 0.25) is 5.91 Å². The molecular formula is C16H15N3OS. The number of nitrogens with one attached hydrogen (secondary N) is 1. The van der Waals surface area contributed by atoms with Gasteiger partial charge in [-0.05, 0) is 43.3 Å². The van der Waals surface area contributed by atoms with Crippen LogP contribution in [0.3, 0.4) is 0 Å². The zero-order valence-electron chi connectivity index (χ0n) is 11.5. The topological polar surface area (TPSA) is 78.9 Å². The van der Waals surface area contributed by atoms with E-state index in [1.165, 1.54) is 11.8 Å². The molecular weight excluding hydrogens is 282 g/mol. The molecule has 0 bridgehead atoms. The smallest absolute Gasteiger partial charge is 0.240 e. The van der Waals surface area contributed by atoms with Gasteiger partial charge in [-0.1, -0.05) is 23.9 Å². The second kappa shape index (κ2) is 6.93. The molecule has 0 aliphatic carbocycles. The fourth-order valence-corrected chi connectivity index (χ4v) is 2.60. The minimum absolute atomic E-state index is 0.219. The Hall–Kier alpha value is -2.29. The van der Waals surface area contributed by atoms with Crippen molar-refractivity contribution in [3.05, 3.63) is 54.1 Å². The predicted octanol–water partition coefficient (Wildman–Crippen LogP) is 3.00. The number of rotatable bonds is 4. The van der Waals surface area contributed by atoms with E-state index in [0.717, 1.165) is 9.79 Å². The SMILES string of the molecule is CC(N)C(=O)Nc1cccc(Sc2cccc(C#N)c2)c1. The fraction of sp³-hybridized carbons (Fsp3) is 0.125. The number of benzene rings is 2. The first-order chi connectivity index (χ1) is 10.1. The molecule has 2 rings (SSSR count). The monoisotopic (exact) mass is 297 g/mol. The molecule has 106 valence electrons. The summed E-state index contributed by atoms with van der Waals surface area (Å²) in [6.45, 7) is 1.64. The Balaban J connectivity index is 2.14. The van der Waals surface area contributed by atoms with Gasteiger partial charge in [0.05, 0.1) is 17.7 Å². The van der Waals surface area contributed by atoms with Crippen LogP contribution >= 0.6 is 11.8 Å². The van der Waals surface area contributed by atoms with Gasteiger partial charge in [0, 0.05) is 15.5 Å². The summed E-state index contributed by atoms with van der Waals surface area (Å²) in [5.41, 5.74) is 6.86. The molecule has 2 aromatic rings. The highest BCUT2D eigenvalue weighted by Gasteiger charge is 2.08. The van der Waals surface area contributed by atoms with Crippen LogP contribution in [0.1, 0.15) is 12.5 Å². The average molecular weight is 297 g/mol. The van der Waals surface area contributed by atoms with E-state index in [-0.39, 0.29) is 5.91 Å². The third kappa shape index (κ3) is 4.35. The second-order valence-corrected chi connectivity index (χ2v) is 5.69. The third-order valence-electron chi connectivity index (χ3n) is 2.71. The van der Waals surface area contributed by atoms with Gasteiger partial charge >= 0.3 is 0 Å². The maximum Gasteiger partial charge on any atom is 0.240 e. The molecule has 0 saturated carbocycles. The normalized spacial score (nSPS) is 11.5. The highest BCUT2D eigenvalue weighted by atomic mass is 32.2. The van der Waals surface area contributed by atoms with Crippen molar-refractivity contribution in [2.45, 2.75) is 22.8 Å². The molecule has 0 aliphatic rings. The molecule has 1 unspecified atom stereocenters. The maximum atomic E-state index is 11.6. The zero-order chi connectivity index (χ0) is 15.2. The van der Waals surface area contributed by atoms with E-state index >= 15 is 0 Å². The van der Waals surface area contributed by atoms with Crippen LogP contribution in [0, 0.1) is 11.3 Å². The predicted molar refractivity (Wildman–Crippen MR) is 84.0 cm³/mol. The number of carbonyl (C=O) groups is 1. The Kier molecular flexibility index (Phi) is 4.99. The van der Waals surface area contributed by atoms with E-state index in [4.69, 9.17) is 11.0 Å². The van der Waals surface area contributed by atoms with E-state index in [2.05, 4.69) is 11.4 Å². The maximum absolute atomic E-state index is 11.6. The van der Waals surface area contributed by atoms with Crippen LogP contribution < -0.4 is 11.1 Å². The molecule has 1 atom stereocenters. The Bertz CT molecular complexity index is 692. The summed E-state index contributed by atoms with van der Waals surface area (Å²) in [6.07, 6.45) is 0. The lowest BCUT2D eigenvalue weighted by Crippen LogP contribution is -2.32. The second-order valence-electron chi connectivity index (χ2n) is 4.55. The highest BCUT2D eigenvalue weighted by Crippen LogP contribution is 2.29. The number of nitrogens with two attached hydrogens (primary N) is 1. The molecule has 0 aliphatic heterocycles. The first-order valence-electron chi connectivity index (χ1n) is 6.43. The van der Waals surface area contributed by atoms with Crippen molar-refractivity contribution < 1.29 is 4.79 Å². The number of carbonyl (C=O) groups excluding carboxylic acids is 1. The molecule has 3 N–H and O–H groups in total. The van der Waals surface area contributed by atoms with Crippen molar-refractivity contribution in [3.8, 4) is 6.07 Å². The van der Waals surface area contributed by atoms with Crippen LogP contribution in [-0.4, -0.2) is 11.9 Å². The number of amides is 1. The van der Waals surface area contributed by atoms with Crippen molar-refractivity contribution in [1.29, 1.82) is 5.26 Å². The van der Waals surface area contributed by atoms with E-state index in [9.17, 15) is 4.79 Å². The summed E-state index contributed by atoms with van der Waals surface area (Å²) in [5, 5.41) is 11.7. The average Bonchev–Trinajstić information content (AvgIpc) is 2.47. The quantitative estimate of drug-likeness (QED) is 0.909. The molecule has 4 nitrogen and oxygen atoms in total. The number of nitrogens with zero attached hydrogens (tertiary/aromatic N) is 1. The molecule has 21 heavy (non-hydrogen) atoms. The van der Waals surface area contributed by atoms with Crippen molar-refractivity contribution in [3.63, 3.8) is 0 Å². The summed E-state index contributed by atoms with van der Waals surface area (Å²) >= 11 is 1.53. The standard InChI is InChI=1S/C16H15N3OS/c1-11(18)16(20)19-13-5-3-7-15(9-13)21-14-6-2-4-12(8-14)10-17/h2-9,11H,18H2,1H3,(H,19,20). The minimum Gasteiger partial charge on any atom is -0.325 e. The van der Waals surface area contributed by atoms with Crippen molar-refractivity contribution in [2.75, 3.05) is 5.32 Å². The largest absolute Gasteiger partial charge is 0.325 e. The Morgan fingerprint density at radius 2 is 1.90 bits per heavy atom.